The monoisotopic (exact) mass is 128 g/mol. The van der Waals surface area contributed by atoms with Crippen molar-refractivity contribution in [3.8, 4) is 0 Å². The Morgan fingerprint density at radius 1 is 1.78 bits per heavy atom. The summed E-state index contributed by atoms with van der Waals surface area (Å²) in [5, 5.41) is 17.8. The second-order valence-electron chi connectivity index (χ2n) is 2.60. The molecule has 1 aliphatic carbocycles. The summed E-state index contributed by atoms with van der Waals surface area (Å²) in [6, 6.07) is 0. The minimum absolute atomic E-state index is 0.161. The predicted octanol–water partition coefficient (Wildman–Crippen LogP) is 0.306. The summed E-state index contributed by atoms with van der Waals surface area (Å²) in [6.07, 6.45) is 2.33. The molecule has 1 rings (SSSR count). The average molecular weight is 128 g/mol. The van der Waals surface area contributed by atoms with E-state index in [0.717, 1.165) is 5.57 Å². The van der Waals surface area contributed by atoms with Crippen LogP contribution < -0.4 is 0 Å². The summed E-state index contributed by atoms with van der Waals surface area (Å²) in [7, 11) is 0. The van der Waals surface area contributed by atoms with Crippen molar-refractivity contribution in [3.05, 3.63) is 11.6 Å². The van der Waals surface area contributed by atoms with E-state index in [1.165, 1.54) is 0 Å². The van der Waals surface area contributed by atoms with Crippen LogP contribution in [0.5, 0.6) is 0 Å². The van der Waals surface area contributed by atoms with E-state index in [1.54, 1.807) is 0 Å². The van der Waals surface area contributed by atoms with Crippen LogP contribution >= 0.6 is 0 Å². The van der Waals surface area contributed by atoms with Gasteiger partial charge in [-0.05, 0) is 18.9 Å². The van der Waals surface area contributed by atoms with Crippen molar-refractivity contribution in [3.63, 3.8) is 0 Å². The summed E-state index contributed by atoms with van der Waals surface area (Å²) < 4.78 is 0. The summed E-state index contributed by atoms with van der Waals surface area (Å²) >= 11 is 0. The van der Waals surface area contributed by atoms with E-state index in [2.05, 4.69) is 0 Å². The SMILES string of the molecule is CC1=C[C@H](CO)C[C@@H]1O. The van der Waals surface area contributed by atoms with E-state index in [4.69, 9.17) is 10.2 Å². The molecule has 0 saturated carbocycles. The Morgan fingerprint density at radius 3 is 2.67 bits per heavy atom. The van der Waals surface area contributed by atoms with Gasteiger partial charge in [0, 0.05) is 12.5 Å². The zero-order valence-electron chi connectivity index (χ0n) is 5.54. The van der Waals surface area contributed by atoms with Crippen LogP contribution in [0.2, 0.25) is 0 Å². The second-order valence-corrected chi connectivity index (χ2v) is 2.60. The van der Waals surface area contributed by atoms with Crippen LogP contribution in [0, 0.1) is 5.92 Å². The van der Waals surface area contributed by atoms with Gasteiger partial charge in [-0.15, -0.1) is 0 Å². The Hall–Kier alpha value is -0.340. The Bertz CT molecular complexity index is 129. The summed E-state index contributed by atoms with van der Waals surface area (Å²) in [4.78, 5) is 0. The highest BCUT2D eigenvalue weighted by molar-refractivity contribution is 5.13. The molecule has 0 bridgehead atoms. The van der Waals surface area contributed by atoms with Crippen molar-refractivity contribution in [2.24, 2.45) is 5.92 Å². The largest absolute Gasteiger partial charge is 0.396 e. The van der Waals surface area contributed by atoms with E-state index in [1.807, 2.05) is 13.0 Å². The van der Waals surface area contributed by atoms with Crippen molar-refractivity contribution in [1.29, 1.82) is 0 Å². The molecule has 0 aromatic heterocycles. The molecule has 52 valence electrons. The van der Waals surface area contributed by atoms with Crippen LogP contribution in [0.3, 0.4) is 0 Å². The molecule has 0 unspecified atom stereocenters. The van der Waals surface area contributed by atoms with Gasteiger partial charge in [0.05, 0.1) is 6.10 Å². The molecule has 0 fully saturated rings. The van der Waals surface area contributed by atoms with E-state index >= 15 is 0 Å². The van der Waals surface area contributed by atoms with E-state index < -0.39 is 0 Å². The van der Waals surface area contributed by atoms with Gasteiger partial charge in [0.15, 0.2) is 0 Å². The van der Waals surface area contributed by atoms with Crippen LogP contribution in [0.25, 0.3) is 0 Å². The van der Waals surface area contributed by atoms with Gasteiger partial charge in [0.1, 0.15) is 0 Å². The standard InChI is InChI=1S/C7H12O2/c1-5-2-6(4-8)3-7(5)9/h2,6-9H,3-4H2,1H3/t6-,7-/m0/s1. The van der Waals surface area contributed by atoms with Gasteiger partial charge in [-0.3, -0.25) is 0 Å². The zero-order valence-corrected chi connectivity index (χ0v) is 5.54. The highest BCUT2D eigenvalue weighted by Gasteiger charge is 2.20. The highest BCUT2D eigenvalue weighted by Crippen LogP contribution is 2.23. The topological polar surface area (TPSA) is 40.5 Å². The first kappa shape index (κ1) is 6.78. The lowest BCUT2D eigenvalue weighted by Gasteiger charge is -2.03. The van der Waals surface area contributed by atoms with Gasteiger partial charge in [-0.2, -0.15) is 0 Å². The molecule has 0 saturated heterocycles. The van der Waals surface area contributed by atoms with Crippen LogP contribution in [0.15, 0.2) is 11.6 Å². The molecule has 9 heavy (non-hydrogen) atoms. The molecule has 0 aromatic rings. The Labute approximate surface area is 54.8 Å². The third-order valence-electron chi connectivity index (χ3n) is 1.78. The lowest BCUT2D eigenvalue weighted by Crippen LogP contribution is -2.06. The van der Waals surface area contributed by atoms with Gasteiger partial charge in [0.25, 0.3) is 0 Å². The predicted molar refractivity (Wildman–Crippen MR) is 35.0 cm³/mol. The van der Waals surface area contributed by atoms with Crippen LogP contribution in [0.1, 0.15) is 13.3 Å². The quantitative estimate of drug-likeness (QED) is 0.499. The maximum Gasteiger partial charge on any atom is 0.0754 e. The van der Waals surface area contributed by atoms with Crippen LogP contribution in [-0.4, -0.2) is 22.9 Å². The Morgan fingerprint density at radius 2 is 2.44 bits per heavy atom. The molecule has 0 spiro atoms. The Balaban J connectivity index is 2.52. The van der Waals surface area contributed by atoms with Gasteiger partial charge < -0.3 is 10.2 Å². The third-order valence-corrected chi connectivity index (χ3v) is 1.78. The van der Waals surface area contributed by atoms with Gasteiger partial charge in [-0.1, -0.05) is 6.08 Å². The minimum atomic E-state index is -0.304. The van der Waals surface area contributed by atoms with E-state index in [0.29, 0.717) is 6.42 Å². The lowest BCUT2D eigenvalue weighted by atomic mass is 10.1. The van der Waals surface area contributed by atoms with Crippen molar-refractivity contribution in [1.82, 2.24) is 0 Å². The van der Waals surface area contributed by atoms with Crippen LogP contribution in [0.4, 0.5) is 0 Å². The zero-order chi connectivity index (χ0) is 6.85. The molecule has 2 nitrogen and oxygen atoms in total. The number of hydrogen-bond acceptors (Lipinski definition) is 2. The first-order valence-corrected chi connectivity index (χ1v) is 3.21. The molecular formula is C7H12O2. The number of hydrogen-bond donors (Lipinski definition) is 2. The summed E-state index contributed by atoms with van der Waals surface area (Å²) in [5.74, 6) is 0.194. The first-order valence-electron chi connectivity index (χ1n) is 3.21. The molecule has 2 atom stereocenters. The summed E-state index contributed by atoms with van der Waals surface area (Å²) in [6.45, 7) is 2.05. The smallest absolute Gasteiger partial charge is 0.0754 e. The van der Waals surface area contributed by atoms with Crippen molar-refractivity contribution in [2.75, 3.05) is 6.61 Å². The van der Waals surface area contributed by atoms with Gasteiger partial charge in [-0.25, -0.2) is 0 Å². The molecular weight excluding hydrogens is 116 g/mol. The van der Waals surface area contributed by atoms with Gasteiger partial charge >= 0.3 is 0 Å². The minimum Gasteiger partial charge on any atom is -0.396 e. The average Bonchev–Trinajstić information content (AvgIpc) is 2.13. The van der Waals surface area contributed by atoms with E-state index in [-0.39, 0.29) is 18.6 Å². The maximum atomic E-state index is 9.12. The highest BCUT2D eigenvalue weighted by atomic mass is 16.3. The number of aliphatic hydroxyl groups excluding tert-OH is 2. The van der Waals surface area contributed by atoms with Crippen molar-refractivity contribution >= 4 is 0 Å². The molecule has 0 heterocycles. The number of aliphatic hydroxyl groups is 2. The van der Waals surface area contributed by atoms with E-state index in [9.17, 15) is 0 Å². The van der Waals surface area contributed by atoms with Crippen molar-refractivity contribution < 1.29 is 10.2 Å². The van der Waals surface area contributed by atoms with Crippen LogP contribution in [-0.2, 0) is 0 Å². The van der Waals surface area contributed by atoms with Gasteiger partial charge in [0.2, 0.25) is 0 Å². The Kier molecular flexibility index (Phi) is 1.88. The normalized spacial score (nSPS) is 34.8. The molecule has 1 aliphatic rings. The van der Waals surface area contributed by atoms with Crippen molar-refractivity contribution in [2.45, 2.75) is 19.4 Å². The lowest BCUT2D eigenvalue weighted by molar-refractivity contribution is 0.175. The fraction of sp³-hybridized carbons (Fsp3) is 0.714. The molecule has 2 heteroatoms. The maximum absolute atomic E-state index is 9.12. The molecule has 0 aromatic carbocycles. The molecule has 2 N–H and O–H groups in total. The fourth-order valence-corrected chi connectivity index (χ4v) is 1.15. The number of rotatable bonds is 1. The molecule has 0 radical (unpaired) electrons. The fourth-order valence-electron chi connectivity index (χ4n) is 1.15. The second kappa shape index (κ2) is 2.50. The molecule has 0 aliphatic heterocycles. The first-order chi connectivity index (χ1) is 4.24. The summed E-state index contributed by atoms with van der Waals surface area (Å²) in [5.41, 5.74) is 0.994. The third kappa shape index (κ3) is 1.32. The molecule has 0 amide bonds.